The highest BCUT2D eigenvalue weighted by Crippen LogP contribution is 2.21. The molecule has 0 radical (unpaired) electrons. The van der Waals surface area contributed by atoms with E-state index in [0.717, 1.165) is 12.0 Å². The Kier molecular flexibility index (Phi) is 2.90. The van der Waals surface area contributed by atoms with E-state index in [0.29, 0.717) is 34.7 Å². The molecule has 3 rings (SSSR count). The van der Waals surface area contributed by atoms with Crippen LogP contribution in [-0.2, 0) is 6.42 Å². The fraction of sp³-hybridized carbons (Fsp3) is 0.143. The molecule has 2 aromatic heterocycles. The number of aryl methyl sites for hydroxylation is 1. The van der Waals surface area contributed by atoms with Crippen LogP contribution in [0.2, 0.25) is 0 Å². The number of aromatic nitrogens is 4. The van der Waals surface area contributed by atoms with E-state index in [4.69, 9.17) is 5.73 Å². The first-order valence-electron chi connectivity index (χ1n) is 6.28. The first kappa shape index (κ1) is 12.3. The van der Waals surface area contributed by atoms with Crippen LogP contribution < -0.4 is 5.73 Å². The van der Waals surface area contributed by atoms with Crippen molar-refractivity contribution in [3.8, 4) is 5.69 Å². The third-order valence-electron chi connectivity index (χ3n) is 3.07. The Morgan fingerprint density at radius 3 is 2.95 bits per heavy atom. The van der Waals surface area contributed by atoms with Crippen LogP contribution in [0.25, 0.3) is 16.7 Å². The molecule has 0 saturated carbocycles. The largest absolute Gasteiger partial charge is 0.383 e. The summed E-state index contributed by atoms with van der Waals surface area (Å²) in [5, 5.41) is 5.00. The summed E-state index contributed by atoms with van der Waals surface area (Å²) in [7, 11) is 0. The van der Waals surface area contributed by atoms with Crippen LogP contribution in [0.4, 0.5) is 5.82 Å². The van der Waals surface area contributed by atoms with Crippen molar-refractivity contribution in [1.29, 1.82) is 0 Å². The Balaban J connectivity index is 2.25. The predicted molar refractivity (Wildman–Crippen MR) is 75.8 cm³/mol. The summed E-state index contributed by atoms with van der Waals surface area (Å²) >= 11 is 0. The van der Waals surface area contributed by atoms with Crippen molar-refractivity contribution in [2.75, 3.05) is 5.73 Å². The molecule has 2 N–H and O–H groups in total. The minimum atomic E-state index is 0.421. The van der Waals surface area contributed by atoms with E-state index < -0.39 is 0 Å². The first-order chi connectivity index (χ1) is 9.72. The number of carbonyl (C=O) groups is 1. The van der Waals surface area contributed by atoms with Crippen molar-refractivity contribution >= 4 is 23.1 Å². The molecule has 6 nitrogen and oxygen atoms in total. The maximum absolute atomic E-state index is 10.9. The Morgan fingerprint density at radius 2 is 2.20 bits per heavy atom. The highest BCUT2D eigenvalue weighted by Gasteiger charge is 2.11. The zero-order valence-corrected chi connectivity index (χ0v) is 10.9. The van der Waals surface area contributed by atoms with E-state index in [9.17, 15) is 4.79 Å². The van der Waals surface area contributed by atoms with Crippen LogP contribution in [0.3, 0.4) is 0 Å². The Labute approximate surface area is 115 Å². The lowest BCUT2D eigenvalue weighted by atomic mass is 10.2. The molecule has 0 atom stereocenters. The van der Waals surface area contributed by atoms with Crippen molar-refractivity contribution in [3.05, 3.63) is 41.9 Å². The average Bonchev–Trinajstić information content (AvgIpc) is 2.91. The van der Waals surface area contributed by atoms with Gasteiger partial charge in [-0.15, -0.1) is 0 Å². The molecule has 0 spiro atoms. The maximum Gasteiger partial charge on any atom is 0.168 e. The van der Waals surface area contributed by atoms with Gasteiger partial charge in [-0.1, -0.05) is 19.1 Å². The molecule has 0 aliphatic rings. The SMILES string of the molecule is CCc1nc(N)c2cnn(-c3cccc(C=O)c3)c2n1. The number of rotatable bonds is 3. The number of nitrogens with two attached hydrogens (primary N) is 1. The molecule has 0 amide bonds. The number of fused-ring (bicyclic) bond motifs is 1. The highest BCUT2D eigenvalue weighted by atomic mass is 16.1. The lowest BCUT2D eigenvalue weighted by molar-refractivity contribution is 0.112. The van der Waals surface area contributed by atoms with Crippen LogP contribution in [0.5, 0.6) is 0 Å². The molecule has 0 bridgehead atoms. The number of anilines is 1. The number of hydrogen-bond donors (Lipinski definition) is 1. The van der Waals surface area contributed by atoms with Crippen molar-refractivity contribution in [2.24, 2.45) is 0 Å². The quantitative estimate of drug-likeness (QED) is 0.731. The number of aldehydes is 1. The second kappa shape index (κ2) is 4.73. The van der Waals surface area contributed by atoms with Gasteiger partial charge in [-0.3, -0.25) is 4.79 Å². The van der Waals surface area contributed by atoms with E-state index >= 15 is 0 Å². The Morgan fingerprint density at radius 1 is 1.35 bits per heavy atom. The molecule has 3 aromatic rings. The molecule has 0 aliphatic carbocycles. The van der Waals surface area contributed by atoms with Crippen LogP contribution in [0.15, 0.2) is 30.5 Å². The van der Waals surface area contributed by atoms with Gasteiger partial charge >= 0.3 is 0 Å². The summed E-state index contributed by atoms with van der Waals surface area (Å²) < 4.78 is 1.67. The van der Waals surface area contributed by atoms with E-state index in [1.807, 2.05) is 13.0 Å². The second-order valence-corrected chi connectivity index (χ2v) is 4.39. The molecule has 6 heteroatoms. The van der Waals surface area contributed by atoms with E-state index in [1.165, 1.54) is 0 Å². The number of nitrogens with zero attached hydrogens (tertiary/aromatic N) is 4. The molecule has 1 aromatic carbocycles. The molecule has 100 valence electrons. The molecule has 0 saturated heterocycles. The van der Waals surface area contributed by atoms with Gasteiger partial charge in [0.05, 0.1) is 17.3 Å². The monoisotopic (exact) mass is 267 g/mol. The summed E-state index contributed by atoms with van der Waals surface area (Å²) in [4.78, 5) is 19.6. The molecular weight excluding hydrogens is 254 g/mol. The summed E-state index contributed by atoms with van der Waals surface area (Å²) in [6.45, 7) is 1.97. The number of hydrogen-bond acceptors (Lipinski definition) is 5. The van der Waals surface area contributed by atoms with Gasteiger partial charge in [0.2, 0.25) is 0 Å². The number of nitrogen functional groups attached to an aromatic ring is 1. The van der Waals surface area contributed by atoms with Crippen molar-refractivity contribution < 1.29 is 4.79 Å². The van der Waals surface area contributed by atoms with Gasteiger partial charge in [0.25, 0.3) is 0 Å². The zero-order chi connectivity index (χ0) is 14.1. The third-order valence-corrected chi connectivity index (χ3v) is 3.07. The highest BCUT2D eigenvalue weighted by molar-refractivity contribution is 5.86. The van der Waals surface area contributed by atoms with Crippen LogP contribution >= 0.6 is 0 Å². The maximum atomic E-state index is 10.9. The van der Waals surface area contributed by atoms with Gasteiger partial charge < -0.3 is 5.73 Å². The molecular formula is C14H13N5O. The summed E-state index contributed by atoms with van der Waals surface area (Å²) in [6.07, 6.45) is 3.13. The predicted octanol–water partition coefficient (Wildman–Crippen LogP) is 1.77. The average molecular weight is 267 g/mol. The van der Waals surface area contributed by atoms with E-state index in [2.05, 4.69) is 15.1 Å². The fourth-order valence-corrected chi connectivity index (χ4v) is 2.05. The molecule has 2 heterocycles. The number of carbonyl (C=O) groups excluding carboxylic acids is 1. The van der Waals surface area contributed by atoms with E-state index in [1.54, 1.807) is 29.1 Å². The van der Waals surface area contributed by atoms with Crippen molar-refractivity contribution in [2.45, 2.75) is 13.3 Å². The standard InChI is InChI=1S/C14H13N5O/c1-2-12-17-13(15)11-7-16-19(14(11)18-12)10-5-3-4-9(6-10)8-20/h3-8H,2H2,1H3,(H2,15,17,18). The molecule has 20 heavy (non-hydrogen) atoms. The third kappa shape index (κ3) is 1.91. The summed E-state index contributed by atoms with van der Waals surface area (Å²) in [6, 6.07) is 7.16. The van der Waals surface area contributed by atoms with E-state index in [-0.39, 0.29) is 0 Å². The Hall–Kier alpha value is -2.76. The Bertz CT molecular complexity index is 793. The van der Waals surface area contributed by atoms with Crippen LogP contribution in [-0.4, -0.2) is 26.0 Å². The molecule has 0 fully saturated rings. The normalized spacial score (nSPS) is 10.8. The summed E-state index contributed by atoms with van der Waals surface area (Å²) in [5.41, 5.74) is 7.93. The lowest BCUT2D eigenvalue weighted by Crippen LogP contribution is -2.03. The van der Waals surface area contributed by atoms with Gasteiger partial charge in [0, 0.05) is 12.0 Å². The van der Waals surface area contributed by atoms with Crippen molar-refractivity contribution in [3.63, 3.8) is 0 Å². The van der Waals surface area contributed by atoms with Crippen LogP contribution in [0.1, 0.15) is 23.1 Å². The second-order valence-electron chi connectivity index (χ2n) is 4.39. The van der Waals surface area contributed by atoms with Gasteiger partial charge in [0.1, 0.15) is 17.9 Å². The molecule has 0 unspecified atom stereocenters. The smallest absolute Gasteiger partial charge is 0.168 e. The van der Waals surface area contributed by atoms with Crippen LogP contribution in [0, 0.1) is 0 Å². The first-order valence-corrected chi connectivity index (χ1v) is 6.28. The van der Waals surface area contributed by atoms with Gasteiger partial charge in [-0.25, -0.2) is 14.6 Å². The fourth-order valence-electron chi connectivity index (χ4n) is 2.05. The van der Waals surface area contributed by atoms with Crippen molar-refractivity contribution in [1.82, 2.24) is 19.7 Å². The molecule has 0 aliphatic heterocycles. The van der Waals surface area contributed by atoms with Gasteiger partial charge in [0.15, 0.2) is 5.65 Å². The summed E-state index contributed by atoms with van der Waals surface area (Å²) in [5.74, 6) is 1.09. The van der Waals surface area contributed by atoms with Gasteiger partial charge in [-0.05, 0) is 12.1 Å². The number of benzene rings is 1. The minimum Gasteiger partial charge on any atom is -0.383 e. The lowest BCUT2D eigenvalue weighted by Gasteiger charge is -2.05. The van der Waals surface area contributed by atoms with Gasteiger partial charge in [-0.2, -0.15) is 5.10 Å². The minimum absolute atomic E-state index is 0.421. The topological polar surface area (TPSA) is 86.7 Å². The zero-order valence-electron chi connectivity index (χ0n) is 10.9.